The molecule has 0 bridgehead atoms. The van der Waals surface area contributed by atoms with Gasteiger partial charge in [-0.1, -0.05) is 32.0 Å². The highest BCUT2D eigenvalue weighted by Gasteiger charge is 2.30. The summed E-state index contributed by atoms with van der Waals surface area (Å²) in [5, 5.41) is 3.29. The van der Waals surface area contributed by atoms with E-state index in [9.17, 15) is 0 Å². The van der Waals surface area contributed by atoms with Crippen LogP contribution in [0.3, 0.4) is 0 Å². The normalized spacial score (nSPS) is 24.7. The molecule has 0 spiro atoms. The molecule has 2 heteroatoms. The second-order valence-corrected chi connectivity index (χ2v) is 4.38. The van der Waals surface area contributed by atoms with Crippen molar-refractivity contribution in [3.05, 3.63) is 29.8 Å². The molecule has 1 aliphatic rings. The number of fused-ring (bicyclic) bond motifs is 1. The van der Waals surface area contributed by atoms with Gasteiger partial charge in [0, 0.05) is 5.69 Å². The predicted molar refractivity (Wildman–Crippen MR) is 55.7 cm³/mol. The molecule has 0 saturated carbocycles. The lowest BCUT2D eigenvalue weighted by molar-refractivity contribution is 0.426. The summed E-state index contributed by atoms with van der Waals surface area (Å²) >= 11 is 0. The van der Waals surface area contributed by atoms with Crippen LogP contribution in [0.25, 0.3) is 0 Å². The summed E-state index contributed by atoms with van der Waals surface area (Å²) in [6.45, 7) is 4.49. The molecule has 0 fully saturated rings. The molecule has 0 radical (unpaired) electrons. The molecule has 3 N–H and O–H groups in total. The summed E-state index contributed by atoms with van der Waals surface area (Å²) in [6, 6.07) is 8.39. The van der Waals surface area contributed by atoms with Crippen molar-refractivity contribution in [2.45, 2.75) is 31.8 Å². The van der Waals surface area contributed by atoms with Gasteiger partial charge in [0.25, 0.3) is 0 Å². The molecule has 0 aliphatic carbocycles. The Morgan fingerprint density at radius 1 is 1.38 bits per heavy atom. The zero-order valence-electron chi connectivity index (χ0n) is 8.17. The molecule has 0 aromatic heterocycles. The Bertz CT molecular complexity index is 318. The minimum absolute atomic E-state index is 0.0879. The van der Waals surface area contributed by atoms with Crippen LogP contribution in [0.4, 0.5) is 5.69 Å². The first-order valence-corrected chi connectivity index (χ1v) is 4.71. The van der Waals surface area contributed by atoms with Gasteiger partial charge in [-0.25, -0.2) is 0 Å². The fourth-order valence-electron chi connectivity index (χ4n) is 2.11. The molecule has 70 valence electrons. The van der Waals surface area contributed by atoms with Crippen LogP contribution >= 0.6 is 0 Å². The second-order valence-electron chi connectivity index (χ2n) is 4.38. The molecule has 1 aromatic carbocycles. The zero-order chi connectivity index (χ0) is 9.47. The van der Waals surface area contributed by atoms with E-state index in [1.54, 1.807) is 0 Å². The minimum atomic E-state index is 0.0879. The number of rotatable bonds is 0. The smallest absolute Gasteiger partial charge is 0.0751 e. The molecule has 0 saturated heterocycles. The summed E-state index contributed by atoms with van der Waals surface area (Å²) in [7, 11) is 0. The molecule has 1 aliphatic heterocycles. The highest BCUT2D eigenvalue weighted by atomic mass is 15.0. The van der Waals surface area contributed by atoms with Gasteiger partial charge in [0.15, 0.2) is 0 Å². The van der Waals surface area contributed by atoms with Crippen LogP contribution in [0.15, 0.2) is 24.3 Å². The Labute approximate surface area is 79.1 Å². The van der Waals surface area contributed by atoms with E-state index in [0.717, 1.165) is 6.42 Å². The third-order valence-electron chi connectivity index (χ3n) is 2.73. The van der Waals surface area contributed by atoms with E-state index in [4.69, 9.17) is 5.73 Å². The maximum atomic E-state index is 5.91. The Balaban J connectivity index is 2.50. The number of benzene rings is 1. The fraction of sp³-hybridized carbons (Fsp3) is 0.455. The lowest BCUT2D eigenvalue weighted by Crippen LogP contribution is -2.41. The summed E-state index contributed by atoms with van der Waals surface area (Å²) in [5.74, 6) is 0. The van der Waals surface area contributed by atoms with Crippen molar-refractivity contribution in [2.24, 2.45) is 5.73 Å². The number of nitrogens with one attached hydrogen (secondary N) is 1. The number of nitrogens with two attached hydrogens (primary N) is 1. The first-order chi connectivity index (χ1) is 6.09. The van der Waals surface area contributed by atoms with Crippen molar-refractivity contribution < 1.29 is 0 Å². The maximum Gasteiger partial charge on any atom is 0.0751 e. The van der Waals surface area contributed by atoms with Gasteiger partial charge in [0.05, 0.1) is 6.17 Å². The van der Waals surface area contributed by atoms with E-state index >= 15 is 0 Å². The topological polar surface area (TPSA) is 38.0 Å². The summed E-state index contributed by atoms with van der Waals surface area (Å²) in [6.07, 6.45) is 1.08. The van der Waals surface area contributed by atoms with Crippen LogP contribution in [0, 0.1) is 0 Å². The molecule has 2 nitrogen and oxygen atoms in total. The van der Waals surface area contributed by atoms with Crippen molar-refractivity contribution in [1.29, 1.82) is 0 Å². The zero-order valence-corrected chi connectivity index (χ0v) is 8.17. The number of anilines is 1. The molecular formula is C11H16N2. The average Bonchev–Trinajstić information content (AvgIpc) is 2.02. The van der Waals surface area contributed by atoms with E-state index in [0.29, 0.717) is 0 Å². The van der Waals surface area contributed by atoms with Crippen molar-refractivity contribution in [3.63, 3.8) is 0 Å². The first-order valence-electron chi connectivity index (χ1n) is 4.71. The standard InChI is InChI=1S/C11H16N2/c1-11(2)7-10(12)13-9-6-4-3-5-8(9)11/h3-6,10,13H,7,12H2,1-2H3. The van der Waals surface area contributed by atoms with Crippen LogP contribution in [-0.4, -0.2) is 6.17 Å². The SMILES string of the molecule is CC1(C)CC(N)Nc2ccccc21. The molecule has 1 aromatic rings. The Hall–Kier alpha value is -1.02. The van der Waals surface area contributed by atoms with E-state index in [1.165, 1.54) is 11.3 Å². The van der Waals surface area contributed by atoms with Gasteiger partial charge >= 0.3 is 0 Å². The van der Waals surface area contributed by atoms with Gasteiger partial charge in [-0.05, 0) is 23.5 Å². The number of hydrogen-bond acceptors (Lipinski definition) is 2. The van der Waals surface area contributed by atoms with Crippen LogP contribution in [-0.2, 0) is 5.41 Å². The third-order valence-corrected chi connectivity index (χ3v) is 2.73. The van der Waals surface area contributed by atoms with Crippen molar-refractivity contribution in [2.75, 3.05) is 5.32 Å². The van der Waals surface area contributed by atoms with E-state index in [1.807, 2.05) is 6.07 Å². The summed E-state index contributed by atoms with van der Waals surface area (Å²) in [4.78, 5) is 0. The Morgan fingerprint density at radius 3 is 2.85 bits per heavy atom. The van der Waals surface area contributed by atoms with Crippen LogP contribution in [0.1, 0.15) is 25.8 Å². The van der Waals surface area contributed by atoms with Gasteiger partial charge < -0.3 is 11.1 Å². The van der Waals surface area contributed by atoms with Crippen LogP contribution in [0.2, 0.25) is 0 Å². The molecule has 1 heterocycles. The van der Waals surface area contributed by atoms with Crippen LogP contribution < -0.4 is 11.1 Å². The lowest BCUT2D eigenvalue weighted by Gasteiger charge is -2.36. The second kappa shape index (κ2) is 2.74. The first kappa shape index (κ1) is 8.57. The van der Waals surface area contributed by atoms with Crippen molar-refractivity contribution in [1.82, 2.24) is 0 Å². The van der Waals surface area contributed by atoms with E-state index in [2.05, 4.69) is 37.4 Å². The van der Waals surface area contributed by atoms with Gasteiger partial charge in [-0.2, -0.15) is 0 Å². The van der Waals surface area contributed by atoms with Crippen molar-refractivity contribution in [3.8, 4) is 0 Å². The molecule has 1 atom stereocenters. The molecular weight excluding hydrogens is 160 g/mol. The van der Waals surface area contributed by atoms with Crippen LogP contribution in [0.5, 0.6) is 0 Å². The number of para-hydroxylation sites is 1. The Kier molecular flexibility index (Phi) is 1.81. The molecule has 0 amide bonds. The van der Waals surface area contributed by atoms with E-state index < -0.39 is 0 Å². The molecule has 1 unspecified atom stereocenters. The number of hydrogen-bond donors (Lipinski definition) is 2. The molecule has 13 heavy (non-hydrogen) atoms. The largest absolute Gasteiger partial charge is 0.370 e. The summed E-state index contributed by atoms with van der Waals surface area (Å²) in [5.41, 5.74) is 8.67. The average molecular weight is 176 g/mol. The highest BCUT2D eigenvalue weighted by molar-refractivity contribution is 5.57. The highest BCUT2D eigenvalue weighted by Crippen LogP contribution is 2.37. The van der Waals surface area contributed by atoms with E-state index in [-0.39, 0.29) is 11.6 Å². The van der Waals surface area contributed by atoms with Gasteiger partial charge in [-0.15, -0.1) is 0 Å². The fourth-order valence-corrected chi connectivity index (χ4v) is 2.11. The monoisotopic (exact) mass is 176 g/mol. The quantitative estimate of drug-likeness (QED) is 0.635. The predicted octanol–water partition coefficient (Wildman–Crippen LogP) is 2.06. The minimum Gasteiger partial charge on any atom is -0.370 e. The van der Waals surface area contributed by atoms with Crippen molar-refractivity contribution >= 4 is 5.69 Å². The van der Waals surface area contributed by atoms with Gasteiger partial charge in [0.2, 0.25) is 0 Å². The van der Waals surface area contributed by atoms with Gasteiger partial charge in [-0.3, -0.25) is 0 Å². The van der Waals surface area contributed by atoms with Gasteiger partial charge in [0.1, 0.15) is 0 Å². The maximum absolute atomic E-state index is 5.91. The Morgan fingerprint density at radius 2 is 2.08 bits per heavy atom. The summed E-state index contributed by atoms with van der Waals surface area (Å²) < 4.78 is 0. The molecule has 2 rings (SSSR count). The third kappa shape index (κ3) is 1.42. The lowest BCUT2D eigenvalue weighted by atomic mass is 9.77.